The van der Waals surface area contributed by atoms with E-state index in [0.29, 0.717) is 0 Å². The molecule has 0 aliphatic heterocycles. The standard InChI is InChI=1S/C11H16OS/c1-11(2,3)12-9-5-7-10(13-4)8-6-9/h5-8H,1-4H3. The molecule has 1 rings (SSSR count). The minimum absolute atomic E-state index is 0.110. The molecule has 0 amide bonds. The molecule has 0 aromatic heterocycles. The van der Waals surface area contributed by atoms with Crippen LogP contribution in [0.2, 0.25) is 0 Å². The lowest BCUT2D eigenvalue weighted by Gasteiger charge is -2.21. The van der Waals surface area contributed by atoms with Gasteiger partial charge >= 0.3 is 0 Å². The van der Waals surface area contributed by atoms with Crippen LogP contribution in [0, 0.1) is 0 Å². The van der Waals surface area contributed by atoms with Crippen LogP contribution in [-0.4, -0.2) is 11.9 Å². The molecule has 13 heavy (non-hydrogen) atoms. The molecule has 1 nitrogen and oxygen atoms in total. The lowest BCUT2D eigenvalue weighted by molar-refractivity contribution is 0.131. The Morgan fingerprint density at radius 3 is 2.00 bits per heavy atom. The first-order valence-electron chi connectivity index (χ1n) is 4.34. The van der Waals surface area contributed by atoms with Crippen molar-refractivity contribution in [3.63, 3.8) is 0 Å². The predicted molar refractivity (Wildman–Crippen MR) is 58.6 cm³/mol. The van der Waals surface area contributed by atoms with Gasteiger partial charge in [0, 0.05) is 4.90 Å². The van der Waals surface area contributed by atoms with Crippen molar-refractivity contribution in [2.75, 3.05) is 6.26 Å². The van der Waals surface area contributed by atoms with Crippen molar-refractivity contribution in [1.29, 1.82) is 0 Å². The number of hydrogen-bond acceptors (Lipinski definition) is 2. The van der Waals surface area contributed by atoms with Crippen molar-refractivity contribution in [2.45, 2.75) is 31.3 Å². The van der Waals surface area contributed by atoms with E-state index in [4.69, 9.17) is 4.74 Å². The van der Waals surface area contributed by atoms with Crippen molar-refractivity contribution < 1.29 is 4.74 Å². The van der Waals surface area contributed by atoms with Gasteiger partial charge in [0.15, 0.2) is 0 Å². The zero-order chi connectivity index (χ0) is 9.90. The molecule has 0 spiro atoms. The molecule has 0 bridgehead atoms. The van der Waals surface area contributed by atoms with Crippen LogP contribution >= 0.6 is 11.8 Å². The van der Waals surface area contributed by atoms with Crippen molar-refractivity contribution in [2.24, 2.45) is 0 Å². The van der Waals surface area contributed by atoms with Crippen molar-refractivity contribution >= 4 is 11.8 Å². The van der Waals surface area contributed by atoms with Gasteiger partial charge in [0.05, 0.1) is 0 Å². The molecule has 0 saturated heterocycles. The Hall–Kier alpha value is -0.630. The minimum atomic E-state index is -0.110. The van der Waals surface area contributed by atoms with Crippen LogP contribution in [0.15, 0.2) is 29.2 Å². The van der Waals surface area contributed by atoms with Crippen LogP contribution in [0.5, 0.6) is 5.75 Å². The molecular weight excluding hydrogens is 180 g/mol. The molecular formula is C11H16OS. The van der Waals surface area contributed by atoms with Crippen LogP contribution in [0.1, 0.15) is 20.8 Å². The Morgan fingerprint density at radius 2 is 1.62 bits per heavy atom. The van der Waals surface area contributed by atoms with E-state index >= 15 is 0 Å². The summed E-state index contributed by atoms with van der Waals surface area (Å²) in [6, 6.07) is 8.17. The third kappa shape index (κ3) is 3.73. The molecule has 0 saturated carbocycles. The van der Waals surface area contributed by atoms with E-state index in [1.807, 2.05) is 12.1 Å². The van der Waals surface area contributed by atoms with E-state index in [9.17, 15) is 0 Å². The van der Waals surface area contributed by atoms with Crippen molar-refractivity contribution in [1.82, 2.24) is 0 Å². The molecule has 0 unspecified atom stereocenters. The van der Waals surface area contributed by atoms with E-state index in [1.165, 1.54) is 4.90 Å². The number of rotatable bonds is 2. The quantitative estimate of drug-likeness (QED) is 0.669. The molecule has 0 N–H and O–H groups in total. The number of thioether (sulfide) groups is 1. The number of ether oxygens (including phenoxy) is 1. The van der Waals surface area contributed by atoms with Crippen LogP contribution in [-0.2, 0) is 0 Å². The highest BCUT2D eigenvalue weighted by atomic mass is 32.2. The van der Waals surface area contributed by atoms with Gasteiger partial charge in [-0.1, -0.05) is 0 Å². The highest BCUT2D eigenvalue weighted by Crippen LogP contribution is 2.22. The van der Waals surface area contributed by atoms with E-state index < -0.39 is 0 Å². The molecule has 0 fully saturated rings. The minimum Gasteiger partial charge on any atom is -0.488 e. The average molecular weight is 196 g/mol. The van der Waals surface area contributed by atoms with E-state index in [1.54, 1.807) is 11.8 Å². The molecule has 0 heterocycles. The fraction of sp³-hybridized carbons (Fsp3) is 0.455. The fourth-order valence-corrected chi connectivity index (χ4v) is 1.41. The van der Waals surface area contributed by atoms with E-state index in [2.05, 4.69) is 39.2 Å². The second kappa shape index (κ2) is 4.05. The summed E-state index contributed by atoms with van der Waals surface area (Å²) in [6.45, 7) is 6.15. The zero-order valence-corrected chi connectivity index (χ0v) is 9.44. The van der Waals surface area contributed by atoms with Gasteiger partial charge < -0.3 is 4.74 Å². The van der Waals surface area contributed by atoms with E-state index in [0.717, 1.165) is 5.75 Å². The molecule has 0 aliphatic rings. The van der Waals surface area contributed by atoms with Crippen molar-refractivity contribution in [3.8, 4) is 5.75 Å². The topological polar surface area (TPSA) is 9.23 Å². The SMILES string of the molecule is CSc1ccc(OC(C)(C)C)cc1. The van der Waals surface area contributed by atoms with Gasteiger partial charge in [-0.25, -0.2) is 0 Å². The van der Waals surface area contributed by atoms with Gasteiger partial charge in [0.25, 0.3) is 0 Å². The summed E-state index contributed by atoms with van der Waals surface area (Å²) in [5.41, 5.74) is -0.110. The van der Waals surface area contributed by atoms with Crippen LogP contribution in [0.3, 0.4) is 0 Å². The lowest BCUT2D eigenvalue weighted by Crippen LogP contribution is -2.22. The smallest absolute Gasteiger partial charge is 0.120 e. The molecule has 1 aromatic carbocycles. The number of hydrogen-bond donors (Lipinski definition) is 0. The van der Waals surface area contributed by atoms with Gasteiger partial charge in [0.2, 0.25) is 0 Å². The summed E-state index contributed by atoms with van der Waals surface area (Å²) in [5.74, 6) is 0.935. The summed E-state index contributed by atoms with van der Waals surface area (Å²) >= 11 is 1.74. The first-order valence-corrected chi connectivity index (χ1v) is 5.57. The third-order valence-corrected chi connectivity index (χ3v) is 2.23. The lowest BCUT2D eigenvalue weighted by atomic mass is 10.2. The summed E-state index contributed by atoms with van der Waals surface area (Å²) in [4.78, 5) is 1.27. The fourth-order valence-electron chi connectivity index (χ4n) is 0.997. The number of benzene rings is 1. The highest BCUT2D eigenvalue weighted by Gasteiger charge is 2.10. The molecule has 72 valence electrons. The Morgan fingerprint density at radius 1 is 1.08 bits per heavy atom. The second-order valence-corrected chi connectivity index (χ2v) is 4.77. The Balaban J connectivity index is 2.70. The maximum Gasteiger partial charge on any atom is 0.120 e. The zero-order valence-electron chi connectivity index (χ0n) is 8.63. The first kappa shape index (κ1) is 10.5. The first-order chi connectivity index (χ1) is 6.01. The second-order valence-electron chi connectivity index (χ2n) is 3.89. The molecule has 2 heteroatoms. The summed E-state index contributed by atoms with van der Waals surface area (Å²) in [6.07, 6.45) is 2.07. The van der Waals surface area contributed by atoms with Crippen LogP contribution < -0.4 is 4.74 Å². The Kier molecular flexibility index (Phi) is 3.26. The maximum absolute atomic E-state index is 5.69. The van der Waals surface area contributed by atoms with Crippen LogP contribution in [0.4, 0.5) is 0 Å². The van der Waals surface area contributed by atoms with E-state index in [-0.39, 0.29) is 5.60 Å². The summed E-state index contributed by atoms with van der Waals surface area (Å²) < 4.78 is 5.69. The Bertz CT molecular complexity index is 258. The molecule has 0 radical (unpaired) electrons. The van der Waals surface area contributed by atoms with Gasteiger partial charge in [-0.05, 0) is 51.3 Å². The van der Waals surface area contributed by atoms with Gasteiger partial charge in [-0.15, -0.1) is 11.8 Å². The third-order valence-electron chi connectivity index (χ3n) is 1.48. The van der Waals surface area contributed by atoms with Gasteiger partial charge in [0.1, 0.15) is 11.4 Å². The molecule has 0 aliphatic carbocycles. The van der Waals surface area contributed by atoms with Crippen LogP contribution in [0.25, 0.3) is 0 Å². The molecule has 0 atom stereocenters. The predicted octanol–water partition coefficient (Wildman–Crippen LogP) is 3.59. The average Bonchev–Trinajstić information content (AvgIpc) is 2.03. The largest absolute Gasteiger partial charge is 0.488 e. The van der Waals surface area contributed by atoms with Crippen molar-refractivity contribution in [3.05, 3.63) is 24.3 Å². The van der Waals surface area contributed by atoms with Gasteiger partial charge in [-0.2, -0.15) is 0 Å². The van der Waals surface area contributed by atoms with Gasteiger partial charge in [-0.3, -0.25) is 0 Å². The molecule has 1 aromatic rings. The Labute approximate surface area is 84.5 Å². The summed E-state index contributed by atoms with van der Waals surface area (Å²) in [7, 11) is 0. The monoisotopic (exact) mass is 196 g/mol. The highest BCUT2D eigenvalue weighted by molar-refractivity contribution is 7.98. The maximum atomic E-state index is 5.69. The normalized spacial score (nSPS) is 11.4. The summed E-state index contributed by atoms with van der Waals surface area (Å²) in [5, 5.41) is 0.